The first-order valence-corrected chi connectivity index (χ1v) is 12.3. The number of nitrogens with zero attached hydrogens (tertiary/aromatic N) is 1. The minimum atomic E-state index is -0.721. The van der Waals surface area contributed by atoms with E-state index in [-0.39, 0.29) is 24.8 Å². The van der Waals surface area contributed by atoms with Gasteiger partial charge in [-0.15, -0.1) is 0 Å². The standard InChI is InChI=1S/C27H27Cl3N2O2/c1-2-14-31-27(34)25(16-19-8-4-3-5-9-19)32(18-20-10-6-11-21(28)15-20)26(33)17-22-23(29)12-7-13-24(22)30/h3-13,15,25H,2,14,16-18H2,1H3,(H,31,34). The van der Waals surface area contributed by atoms with Crippen LogP contribution in [0, 0.1) is 0 Å². The highest BCUT2D eigenvalue weighted by Gasteiger charge is 2.31. The van der Waals surface area contributed by atoms with Gasteiger partial charge in [-0.25, -0.2) is 0 Å². The van der Waals surface area contributed by atoms with Gasteiger partial charge in [0.05, 0.1) is 6.42 Å². The predicted molar refractivity (Wildman–Crippen MR) is 139 cm³/mol. The van der Waals surface area contributed by atoms with Gasteiger partial charge in [-0.05, 0) is 47.4 Å². The highest BCUT2D eigenvalue weighted by atomic mass is 35.5. The van der Waals surface area contributed by atoms with Crippen LogP contribution in [-0.2, 0) is 29.0 Å². The van der Waals surface area contributed by atoms with Crippen LogP contribution in [0.15, 0.2) is 72.8 Å². The van der Waals surface area contributed by atoms with Crippen LogP contribution in [0.3, 0.4) is 0 Å². The first-order chi connectivity index (χ1) is 16.4. The van der Waals surface area contributed by atoms with E-state index >= 15 is 0 Å². The molecule has 3 aromatic rings. The van der Waals surface area contributed by atoms with Crippen molar-refractivity contribution in [3.05, 3.63) is 105 Å². The second kappa shape index (κ2) is 12.8. The molecule has 0 bridgehead atoms. The summed E-state index contributed by atoms with van der Waals surface area (Å²) < 4.78 is 0. The Labute approximate surface area is 215 Å². The van der Waals surface area contributed by atoms with Crippen molar-refractivity contribution < 1.29 is 9.59 Å². The summed E-state index contributed by atoms with van der Waals surface area (Å²) in [4.78, 5) is 28.6. The highest BCUT2D eigenvalue weighted by Crippen LogP contribution is 2.26. The Hall–Kier alpha value is -2.53. The predicted octanol–water partition coefficient (Wildman–Crippen LogP) is 6.36. The molecule has 0 aliphatic rings. The number of carbonyl (C=O) groups excluding carboxylic acids is 2. The molecule has 0 aliphatic carbocycles. The lowest BCUT2D eigenvalue weighted by Crippen LogP contribution is -2.51. The molecule has 34 heavy (non-hydrogen) atoms. The van der Waals surface area contributed by atoms with Crippen molar-refractivity contribution in [2.24, 2.45) is 0 Å². The molecule has 1 unspecified atom stereocenters. The van der Waals surface area contributed by atoms with Gasteiger partial charge in [0, 0.05) is 34.6 Å². The molecule has 1 atom stereocenters. The van der Waals surface area contributed by atoms with E-state index in [1.165, 1.54) is 0 Å². The summed E-state index contributed by atoms with van der Waals surface area (Å²) in [5.74, 6) is -0.450. The van der Waals surface area contributed by atoms with Crippen molar-refractivity contribution in [2.75, 3.05) is 6.54 Å². The Kier molecular flexibility index (Phi) is 9.82. The van der Waals surface area contributed by atoms with E-state index in [1.54, 1.807) is 35.2 Å². The number of carbonyl (C=O) groups is 2. The second-order valence-corrected chi connectivity index (χ2v) is 9.28. The monoisotopic (exact) mass is 516 g/mol. The fraction of sp³-hybridized carbons (Fsp3) is 0.259. The molecule has 178 valence electrons. The number of amides is 2. The van der Waals surface area contributed by atoms with Gasteiger partial charge in [0.15, 0.2) is 0 Å². The van der Waals surface area contributed by atoms with Crippen molar-refractivity contribution in [3.63, 3.8) is 0 Å². The molecule has 0 saturated heterocycles. The molecule has 0 fully saturated rings. The molecule has 0 spiro atoms. The molecule has 0 saturated carbocycles. The Balaban J connectivity index is 1.99. The summed E-state index contributed by atoms with van der Waals surface area (Å²) in [6.07, 6.45) is 1.14. The fourth-order valence-electron chi connectivity index (χ4n) is 3.71. The van der Waals surface area contributed by atoms with Crippen molar-refractivity contribution in [1.82, 2.24) is 10.2 Å². The summed E-state index contributed by atoms with van der Waals surface area (Å²) in [6, 6.07) is 21.4. The second-order valence-electron chi connectivity index (χ2n) is 8.03. The van der Waals surface area contributed by atoms with Crippen LogP contribution in [0.5, 0.6) is 0 Å². The minimum absolute atomic E-state index is 0.0224. The third kappa shape index (κ3) is 7.23. The van der Waals surface area contributed by atoms with Crippen LogP contribution in [-0.4, -0.2) is 29.3 Å². The summed E-state index contributed by atoms with van der Waals surface area (Å²) >= 11 is 18.9. The van der Waals surface area contributed by atoms with Gasteiger partial charge in [-0.1, -0.05) is 90.3 Å². The molecule has 0 heterocycles. The first-order valence-electron chi connectivity index (χ1n) is 11.2. The molecule has 2 amide bonds. The molecule has 3 aromatic carbocycles. The highest BCUT2D eigenvalue weighted by molar-refractivity contribution is 6.36. The summed E-state index contributed by atoms with van der Waals surface area (Å²) in [7, 11) is 0. The zero-order valence-corrected chi connectivity index (χ0v) is 21.2. The van der Waals surface area contributed by atoms with E-state index in [1.807, 2.05) is 49.4 Å². The SMILES string of the molecule is CCCNC(=O)C(Cc1ccccc1)N(Cc1cccc(Cl)c1)C(=O)Cc1c(Cl)cccc1Cl. The number of hydrogen-bond acceptors (Lipinski definition) is 2. The molecule has 3 rings (SSSR count). The van der Waals surface area contributed by atoms with Crippen molar-refractivity contribution >= 4 is 46.6 Å². The van der Waals surface area contributed by atoms with E-state index in [0.29, 0.717) is 33.6 Å². The Morgan fingerprint density at radius 1 is 0.882 bits per heavy atom. The van der Waals surface area contributed by atoms with Crippen LogP contribution < -0.4 is 5.32 Å². The topological polar surface area (TPSA) is 49.4 Å². The lowest BCUT2D eigenvalue weighted by Gasteiger charge is -2.32. The van der Waals surface area contributed by atoms with E-state index in [4.69, 9.17) is 34.8 Å². The van der Waals surface area contributed by atoms with Crippen molar-refractivity contribution in [2.45, 2.75) is 38.8 Å². The Morgan fingerprint density at radius 2 is 1.53 bits per heavy atom. The third-order valence-electron chi connectivity index (χ3n) is 5.45. The average molecular weight is 518 g/mol. The van der Waals surface area contributed by atoms with Gasteiger partial charge >= 0.3 is 0 Å². The Bertz CT molecular complexity index is 1100. The van der Waals surface area contributed by atoms with Crippen molar-refractivity contribution in [1.29, 1.82) is 0 Å². The molecule has 4 nitrogen and oxygen atoms in total. The van der Waals surface area contributed by atoms with Crippen LogP contribution in [0.2, 0.25) is 15.1 Å². The quantitative estimate of drug-likeness (QED) is 0.340. The lowest BCUT2D eigenvalue weighted by atomic mass is 10.0. The van der Waals surface area contributed by atoms with E-state index in [2.05, 4.69) is 5.32 Å². The number of rotatable bonds is 10. The van der Waals surface area contributed by atoms with Gasteiger partial charge in [-0.2, -0.15) is 0 Å². The summed E-state index contributed by atoms with van der Waals surface area (Å²) in [5, 5.41) is 4.36. The van der Waals surface area contributed by atoms with Gasteiger partial charge in [0.25, 0.3) is 0 Å². The number of nitrogens with one attached hydrogen (secondary N) is 1. The number of hydrogen-bond donors (Lipinski definition) is 1. The number of halogens is 3. The van der Waals surface area contributed by atoms with Gasteiger partial charge in [0.1, 0.15) is 6.04 Å². The van der Waals surface area contributed by atoms with Crippen LogP contribution >= 0.6 is 34.8 Å². The van der Waals surface area contributed by atoms with Crippen LogP contribution in [0.4, 0.5) is 0 Å². The van der Waals surface area contributed by atoms with E-state index in [9.17, 15) is 9.59 Å². The molecule has 0 radical (unpaired) electrons. The smallest absolute Gasteiger partial charge is 0.243 e. The van der Waals surface area contributed by atoms with Gasteiger partial charge in [-0.3, -0.25) is 9.59 Å². The first kappa shape index (κ1) is 26.1. The maximum absolute atomic E-state index is 13.7. The minimum Gasteiger partial charge on any atom is -0.354 e. The molecule has 0 aliphatic heterocycles. The normalized spacial score (nSPS) is 11.6. The summed E-state index contributed by atoms with van der Waals surface area (Å²) in [6.45, 7) is 2.74. The molecule has 1 N–H and O–H groups in total. The lowest BCUT2D eigenvalue weighted by molar-refractivity contribution is -0.140. The molecule has 7 heteroatoms. The Morgan fingerprint density at radius 3 is 2.18 bits per heavy atom. The largest absolute Gasteiger partial charge is 0.354 e. The number of benzene rings is 3. The van der Waals surface area contributed by atoms with Crippen LogP contribution in [0.25, 0.3) is 0 Å². The van der Waals surface area contributed by atoms with E-state index < -0.39 is 6.04 Å². The third-order valence-corrected chi connectivity index (χ3v) is 6.40. The maximum Gasteiger partial charge on any atom is 0.243 e. The van der Waals surface area contributed by atoms with Gasteiger partial charge < -0.3 is 10.2 Å². The van der Waals surface area contributed by atoms with Crippen molar-refractivity contribution in [3.8, 4) is 0 Å². The fourth-order valence-corrected chi connectivity index (χ4v) is 4.45. The van der Waals surface area contributed by atoms with E-state index in [0.717, 1.165) is 17.5 Å². The average Bonchev–Trinajstić information content (AvgIpc) is 2.82. The molecular formula is C27H27Cl3N2O2. The van der Waals surface area contributed by atoms with Crippen LogP contribution in [0.1, 0.15) is 30.0 Å². The molecular weight excluding hydrogens is 491 g/mol. The zero-order chi connectivity index (χ0) is 24.5. The summed E-state index contributed by atoms with van der Waals surface area (Å²) in [5.41, 5.74) is 2.32. The zero-order valence-electron chi connectivity index (χ0n) is 18.9. The molecule has 0 aromatic heterocycles. The van der Waals surface area contributed by atoms with Gasteiger partial charge in [0.2, 0.25) is 11.8 Å². The maximum atomic E-state index is 13.7.